The molecule has 6 heteroatoms. The summed E-state index contributed by atoms with van der Waals surface area (Å²) in [5.74, 6) is -0.00824. The van der Waals surface area contributed by atoms with Crippen LogP contribution in [-0.4, -0.2) is 17.3 Å². The van der Waals surface area contributed by atoms with Gasteiger partial charge < -0.3 is 19.4 Å². The van der Waals surface area contributed by atoms with Gasteiger partial charge in [0.2, 0.25) is 5.43 Å². The molecule has 0 saturated carbocycles. The van der Waals surface area contributed by atoms with E-state index in [0.717, 1.165) is 0 Å². The Labute approximate surface area is 126 Å². The Hall–Kier alpha value is -1.96. The standard InChI is InChI=1S/C14H9IO5/c1-19-8-4-2-3-6-12(17)10-9(20-14(6)8)5-7(16)11(15)13(10)18/h2-5,16,18H,1H3. The largest absolute Gasteiger partial charge is 0.507 e. The molecule has 0 spiro atoms. The van der Waals surface area contributed by atoms with Crippen LogP contribution >= 0.6 is 22.6 Å². The fourth-order valence-corrected chi connectivity index (χ4v) is 2.54. The molecule has 102 valence electrons. The molecule has 0 saturated heterocycles. The number of aromatic hydroxyl groups is 2. The number of benzene rings is 2. The number of methoxy groups -OCH3 is 1. The number of hydrogen-bond acceptors (Lipinski definition) is 5. The summed E-state index contributed by atoms with van der Waals surface area (Å²) in [4.78, 5) is 12.5. The Morgan fingerprint density at radius 1 is 1.30 bits per heavy atom. The van der Waals surface area contributed by atoms with Crippen LogP contribution in [0, 0.1) is 3.57 Å². The molecule has 2 aromatic carbocycles. The number of phenolic OH excluding ortho intramolecular Hbond substituents is 2. The van der Waals surface area contributed by atoms with E-state index in [1.807, 2.05) is 0 Å². The Bertz CT molecular complexity index is 898. The van der Waals surface area contributed by atoms with E-state index in [9.17, 15) is 15.0 Å². The van der Waals surface area contributed by atoms with E-state index in [0.29, 0.717) is 11.1 Å². The molecule has 0 aliphatic heterocycles. The maximum atomic E-state index is 12.5. The summed E-state index contributed by atoms with van der Waals surface area (Å²) in [6, 6.07) is 6.25. The SMILES string of the molecule is COc1cccc2c(=O)c3c(O)c(I)c(O)cc3oc12. The minimum atomic E-state index is -0.365. The van der Waals surface area contributed by atoms with Gasteiger partial charge in [-0.2, -0.15) is 0 Å². The van der Waals surface area contributed by atoms with Crippen molar-refractivity contribution in [2.75, 3.05) is 7.11 Å². The van der Waals surface area contributed by atoms with Gasteiger partial charge in [-0.1, -0.05) is 6.07 Å². The van der Waals surface area contributed by atoms with Gasteiger partial charge in [-0.05, 0) is 34.7 Å². The molecule has 0 aliphatic rings. The van der Waals surface area contributed by atoms with E-state index in [1.165, 1.54) is 13.2 Å². The summed E-state index contributed by atoms with van der Waals surface area (Å²) in [6.45, 7) is 0. The molecule has 1 heterocycles. The number of phenols is 2. The third-order valence-electron chi connectivity index (χ3n) is 3.07. The summed E-state index contributed by atoms with van der Waals surface area (Å²) < 4.78 is 11.0. The molecule has 3 aromatic rings. The van der Waals surface area contributed by atoms with Crippen molar-refractivity contribution in [3.05, 3.63) is 38.1 Å². The van der Waals surface area contributed by atoms with Crippen molar-refractivity contribution in [2.45, 2.75) is 0 Å². The quantitative estimate of drug-likeness (QED) is 0.498. The van der Waals surface area contributed by atoms with Gasteiger partial charge in [-0.3, -0.25) is 4.79 Å². The van der Waals surface area contributed by atoms with Crippen molar-refractivity contribution < 1.29 is 19.4 Å². The van der Waals surface area contributed by atoms with E-state index >= 15 is 0 Å². The first-order valence-corrected chi connectivity index (χ1v) is 6.76. The van der Waals surface area contributed by atoms with Crippen LogP contribution < -0.4 is 10.2 Å². The molecule has 2 N–H and O–H groups in total. The topological polar surface area (TPSA) is 79.9 Å². The fourth-order valence-electron chi connectivity index (χ4n) is 2.11. The first-order valence-electron chi connectivity index (χ1n) is 5.68. The second kappa shape index (κ2) is 4.55. The van der Waals surface area contributed by atoms with E-state index in [4.69, 9.17) is 9.15 Å². The number of rotatable bonds is 1. The van der Waals surface area contributed by atoms with E-state index in [1.54, 1.807) is 40.8 Å². The van der Waals surface area contributed by atoms with Gasteiger partial charge in [0.15, 0.2) is 11.3 Å². The van der Waals surface area contributed by atoms with E-state index < -0.39 is 0 Å². The zero-order chi connectivity index (χ0) is 14.4. The maximum Gasteiger partial charge on any atom is 0.204 e. The van der Waals surface area contributed by atoms with E-state index in [-0.39, 0.29) is 37.1 Å². The molecule has 0 amide bonds. The van der Waals surface area contributed by atoms with Gasteiger partial charge in [-0.15, -0.1) is 0 Å². The monoisotopic (exact) mass is 384 g/mol. The molecule has 20 heavy (non-hydrogen) atoms. The van der Waals surface area contributed by atoms with Gasteiger partial charge >= 0.3 is 0 Å². The smallest absolute Gasteiger partial charge is 0.204 e. The zero-order valence-electron chi connectivity index (χ0n) is 10.3. The molecule has 0 aliphatic carbocycles. The number of para-hydroxylation sites is 1. The van der Waals surface area contributed by atoms with Crippen LogP contribution in [0.25, 0.3) is 21.9 Å². The van der Waals surface area contributed by atoms with Crippen molar-refractivity contribution in [3.63, 3.8) is 0 Å². The second-order valence-electron chi connectivity index (χ2n) is 4.20. The summed E-state index contributed by atoms with van der Waals surface area (Å²) in [6.07, 6.45) is 0. The highest BCUT2D eigenvalue weighted by atomic mass is 127. The van der Waals surface area contributed by atoms with Crippen LogP contribution in [0.3, 0.4) is 0 Å². The Morgan fingerprint density at radius 2 is 2.05 bits per heavy atom. The van der Waals surface area contributed by atoms with Gasteiger partial charge in [0.1, 0.15) is 22.5 Å². The summed E-state index contributed by atoms with van der Waals surface area (Å²) in [5.41, 5.74) is 0.0329. The third kappa shape index (κ3) is 1.71. The first kappa shape index (κ1) is 13.0. The lowest BCUT2D eigenvalue weighted by atomic mass is 10.1. The van der Waals surface area contributed by atoms with Gasteiger partial charge in [-0.25, -0.2) is 0 Å². The van der Waals surface area contributed by atoms with Crippen LogP contribution in [0.4, 0.5) is 0 Å². The molecular formula is C14H9IO5. The molecule has 0 radical (unpaired) electrons. The summed E-state index contributed by atoms with van der Waals surface area (Å²) >= 11 is 1.77. The Kier molecular flexibility index (Phi) is 2.97. The predicted molar refractivity (Wildman–Crippen MR) is 82.6 cm³/mol. The van der Waals surface area contributed by atoms with Crippen molar-refractivity contribution in [1.29, 1.82) is 0 Å². The van der Waals surface area contributed by atoms with Crippen molar-refractivity contribution in [1.82, 2.24) is 0 Å². The van der Waals surface area contributed by atoms with Gasteiger partial charge in [0, 0.05) is 6.07 Å². The summed E-state index contributed by atoms with van der Waals surface area (Å²) in [7, 11) is 1.47. The van der Waals surface area contributed by atoms with E-state index in [2.05, 4.69) is 0 Å². The molecule has 0 atom stereocenters. The minimum Gasteiger partial charge on any atom is -0.507 e. The van der Waals surface area contributed by atoms with Crippen LogP contribution in [0.1, 0.15) is 0 Å². The third-order valence-corrected chi connectivity index (χ3v) is 4.13. The average Bonchev–Trinajstić information content (AvgIpc) is 2.44. The maximum absolute atomic E-state index is 12.5. The number of halogens is 1. The molecule has 1 aromatic heterocycles. The highest BCUT2D eigenvalue weighted by Crippen LogP contribution is 2.37. The molecular weight excluding hydrogens is 375 g/mol. The van der Waals surface area contributed by atoms with Crippen molar-refractivity contribution >= 4 is 44.5 Å². The lowest BCUT2D eigenvalue weighted by molar-refractivity contribution is 0.411. The molecule has 3 rings (SSSR count). The second-order valence-corrected chi connectivity index (χ2v) is 5.28. The Balaban J connectivity index is 2.61. The molecule has 0 fully saturated rings. The normalized spacial score (nSPS) is 11.1. The number of hydrogen-bond donors (Lipinski definition) is 2. The lowest BCUT2D eigenvalue weighted by Gasteiger charge is -2.08. The molecule has 5 nitrogen and oxygen atoms in total. The predicted octanol–water partition coefficient (Wildman–Crippen LogP) is 2.97. The fraction of sp³-hybridized carbons (Fsp3) is 0.0714. The highest BCUT2D eigenvalue weighted by molar-refractivity contribution is 14.1. The van der Waals surface area contributed by atoms with Crippen LogP contribution in [-0.2, 0) is 0 Å². The zero-order valence-corrected chi connectivity index (χ0v) is 12.5. The number of fused-ring (bicyclic) bond motifs is 2. The van der Waals surface area contributed by atoms with Crippen LogP contribution in [0.5, 0.6) is 17.2 Å². The molecule has 0 unspecified atom stereocenters. The van der Waals surface area contributed by atoms with Crippen molar-refractivity contribution in [2.24, 2.45) is 0 Å². The summed E-state index contributed by atoms with van der Waals surface area (Å²) in [5, 5.41) is 20.1. The van der Waals surface area contributed by atoms with Crippen LogP contribution in [0.15, 0.2) is 33.5 Å². The molecule has 0 bridgehead atoms. The number of ether oxygens (including phenoxy) is 1. The minimum absolute atomic E-state index is 0.0490. The van der Waals surface area contributed by atoms with Crippen LogP contribution in [0.2, 0.25) is 0 Å². The van der Waals surface area contributed by atoms with Gasteiger partial charge in [0.25, 0.3) is 0 Å². The highest BCUT2D eigenvalue weighted by Gasteiger charge is 2.18. The van der Waals surface area contributed by atoms with Crippen molar-refractivity contribution in [3.8, 4) is 17.2 Å². The van der Waals surface area contributed by atoms with Gasteiger partial charge in [0.05, 0.1) is 16.1 Å². The Morgan fingerprint density at radius 3 is 2.75 bits per heavy atom. The lowest BCUT2D eigenvalue weighted by Crippen LogP contribution is -2.03. The first-order chi connectivity index (χ1) is 9.54. The average molecular weight is 384 g/mol.